The lowest BCUT2D eigenvalue weighted by molar-refractivity contribution is -0.313. The molecule has 0 saturated heterocycles. The van der Waals surface area contributed by atoms with Crippen LogP contribution in [0.4, 0.5) is 17.6 Å². The smallest absolute Gasteiger partial charge is 0.313 e. The van der Waals surface area contributed by atoms with Crippen molar-refractivity contribution in [3.8, 4) is 0 Å². The molecule has 0 aromatic heterocycles. The second-order valence-electron chi connectivity index (χ2n) is 3.18. The molecule has 76 valence electrons. The van der Waals surface area contributed by atoms with E-state index in [1.54, 1.807) is 0 Å². The zero-order valence-corrected chi connectivity index (χ0v) is 6.70. The summed E-state index contributed by atoms with van der Waals surface area (Å²) in [6.45, 7) is -0.377. The fourth-order valence-electron chi connectivity index (χ4n) is 1.30. The molecule has 1 aliphatic rings. The molecule has 0 aliphatic heterocycles. The van der Waals surface area contributed by atoms with Crippen LogP contribution in [0.15, 0.2) is 0 Å². The van der Waals surface area contributed by atoms with Crippen LogP contribution >= 0.6 is 0 Å². The van der Waals surface area contributed by atoms with Crippen molar-refractivity contribution in [2.24, 2.45) is 11.7 Å². The number of Topliss-reactive ketones (excluding diaryl/α,β-unsaturated/α-hetero) is 1. The second kappa shape index (κ2) is 2.94. The largest absolute Gasteiger partial charge is 0.324 e. The van der Waals surface area contributed by atoms with E-state index in [2.05, 4.69) is 0 Å². The van der Waals surface area contributed by atoms with E-state index in [0.717, 1.165) is 0 Å². The maximum Gasteiger partial charge on any atom is 0.313 e. The van der Waals surface area contributed by atoms with E-state index in [4.69, 9.17) is 5.73 Å². The van der Waals surface area contributed by atoms with Gasteiger partial charge < -0.3 is 5.73 Å². The van der Waals surface area contributed by atoms with Gasteiger partial charge in [-0.25, -0.2) is 0 Å². The molecule has 6 heteroatoms. The van der Waals surface area contributed by atoms with Crippen molar-refractivity contribution >= 4 is 5.78 Å². The van der Waals surface area contributed by atoms with Gasteiger partial charge in [-0.2, -0.15) is 17.6 Å². The summed E-state index contributed by atoms with van der Waals surface area (Å²) < 4.78 is 49.5. The molecule has 1 saturated carbocycles. The van der Waals surface area contributed by atoms with Crippen molar-refractivity contribution in [1.82, 2.24) is 0 Å². The van der Waals surface area contributed by atoms with Gasteiger partial charge in [-0.1, -0.05) is 0 Å². The topological polar surface area (TPSA) is 43.1 Å². The normalized spacial score (nSPS) is 29.5. The summed E-state index contributed by atoms with van der Waals surface area (Å²) in [5, 5.41) is 0. The molecule has 0 radical (unpaired) electrons. The molecule has 0 aromatic rings. The number of nitrogens with two attached hydrogens (primary N) is 1. The molecular formula is C7H9F4NO. The highest BCUT2D eigenvalue weighted by Crippen LogP contribution is 2.56. The quantitative estimate of drug-likeness (QED) is 0.694. The van der Waals surface area contributed by atoms with Gasteiger partial charge >= 0.3 is 11.8 Å². The average Bonchev–Trinajstić information content (AvgIpc) is 2.03. The summed E-state index contributed by atoms with van der Waals surface area (Å²) in [7, 11) is 0. The maximum atomic E-state index is 12.5. The number of rotatable bonds is 3. The first-order valence-corrected chi connectivity index (χ1v) is 3.78. The molecule has 1 rings (SSSR count). The Hall–Kier alpha value is -0.650. The van der Waals surface area contributed by atoms with Crippen molar-refractivity contribution in [2.45, 2.75) is 24.7 Å². The van der Waals surface area contributed by atoms with Crippen molar-refractivity contribution in [3.63, 3.8) is 0 Å². The Morgan fingerprint density at radius 2 is 1.92 bits per heavy atom. The fraction of sp³-hybridized carbons (Fsp3) is 0.857. The zero-order chi connectivity index (χ0) is 10.3. The minimum Gasteiger partial charge on any atom is -0.324 e. The van der Waals surface area contributed by atoms with Gasteiger partial charge in [0.1, 0.15) is 5.78 Å². The number of carbonyl (C=O) groups is 1. The molecule has 1 fully saturated rings. The Morgan fingerprint density at radius 1 is 1.38 bits per heavy atom. The van der Waals surface area contributed by atoms with Crippen LogP contribution in [0, 0.1) is 5.92 Å². The lowest BCUT2D eigenvalue weighted by Crippen LogP contribution is -2.59. The molecule has 2 nitrogen and oxygen atoms in total. The molecule has 1 aliphatic carbocycles. The van der Waals surface area contributed by atoms with Crippen LogP contribution in [0.2, 0.25) is 0 Å². The molecular weight excluding hydrogens is 190 g/mol. The first-order valence-electron chi connectivity index (χ1n) is 3.78. The fourth-order valence-corrected chi connectivity index (χ4v) is 1.30. The maximum absolute atomic E-state index is 12.5. The van der Waals surface area contributed by atoms with E-state index >= 15 is 0 Å². The molecule has 0 heterocycles. The van der Waals surface area contributed by atoms with E-state index < -0.39 is 36.4 Å². The third-order valence-electron chi connectivity index (χ3n) is 2.20. The predicted molar refractivity (Wildman–Crippen MR) is 36.7 cm³/mol. The van der Waals surface area contributed by atoms with Crippen LogP contribution < -0.4 is 5.73 Å². The van der Waals surface area contributed by atoms with Gasteiger partial charge in [0, 0.05) is 18.8 Å². The number of halogens is 4. The number of alkyl halides is 4. The molecule has 1 unspecified atom stereocenters. The van der Waals surface area contributed by atoms with Crippen molar-refractivity contribution in [2.75, 3.05) is 6.54 Å². The summed E-state index contributed by atoms with van der Waals surface area (Å²) in [6, 6.07) is 0. The summed E-state index contributed by atoms with van der Waals surface area (Å²) in [5.41, 5.74) is 4.87. The molecule has 0 bridgehead atoms. The van der Waals surface area contributed by atoms with Crippen molar-refractivity contribution in [1.29, 1.82) is 0 Å². The van der Waals surface area contributed by atoms with E-state index in [0.29, 0.717) is 0 Å². The zero-order valence-electron chi connectivity index (χ0n) is 6.70. The lowest BCUT2D eigenvalue weighted by atomic mass is 9.74. The van der Waals surface area contributed by atoms with E-state index in [1.165, 1.54) is 0 Å². The van der Waals surface area contributed by atoms with Gasteiger partial charge in [0.2, 0.25) is 0 Å². The second-order valence-corrected chi connectivity index (χ2v) is 3.18. The molecule has 2 N–H and O–H groups in total. The molecule has 0 amide bonds. The summed E-state index contributed by atoms with van der Waals surface area (Å²) >= 11 is 0. The molecule has 1 atom stereocenters. The van der Waals surface area contributed by atoms with Crippen LogP contribution in [-0.4, -0.2) is 24.2 Å². The van der Waals surface area contributed by atoms with Crippen LogP contribution in [0.1, 0.15) is 12.8 Å². The molecule has 13 heavy (non-hydrogen) atoms. The first-order chi connectivity index (χ1) is 5.81. The Labute approximate surface area is 72.1 Å². The monoisotopic (exact) mass is 199 g/mol. The van der Waals surface area contributed by atoms with Gasteiger partial charge in [-0.05, 0) is 0 Å². The Bertz CT molecular complexity index is 229. The Kier molecular flexibility index (Phi) is 2.36. The molecule has 0 spiro atoms. The minimum absolute atomic E-state index is 0.377. The number of carbonyl (C=O) groups excluding carboxylic acids is 1. The number of hydrogen-bond donors (Lipinski definition) is 1. The van der Waals surface area contributed by atoms with E-state index in [1.807, 2.05) is 0 Å². The van der Waals surface area contributed by atoms with Gasteiger partial charge in [-0.3, -0.25) is 4.79 Å². The lowest BCUT2D eigenvalue weighted by Gasteiger charge is -2.43. The number of hydrogen-bond acceptors (Lipinski definition) is 2. The van der Waals surface area contributed by atoms with Crippen LogP contribution in [0.5, 0.6) is 0 Å². The number of ketones is 1. The van der Waals surface area contributed by atoms with Crippen LogP contribution in [-0.2, 0) is 4.79 Å². The van der Waals surface area contributed by atoms with E-state index in [9.17, 15) is 22.4 Å². The third-order valence-corrected chi connectivity index (χ3v) is 2.20. The van der Waals surface area contributed by atoms with Crippen molar-refractivity contribution < 1.29 is 22.4 Å². The third kappa shape index (κ3) is 1.54. The SMILES string of the molecule is NCC(=O)CC1CC(F)(F)C1(F)F. The average molecular weight is 199 g/mol. The Balaban J connectivity index is 2.54. The summed E-state index contributed by atoms with van der Waals surface area (Å²) in [5.74, 6) is -10.1. The van der Waals surface area contributed by atoms with Crippen LogP contribution in [0.25, 0.3) is 0 Å². The van der Waals surface area contributed by atoms with Gasteiger partial charge in [0.15, 0.2) is 0 Å². The minimum atomic E-state index is -4.04. The summed E-state index contributed by atoms with van der Waals surface area (Å²) in [4.78, 5) is 10.6. The first kappa shape index (κ1) is 10.4. The van der Waals surface area contributed by atoms with Gasteiger partial charge in [0.25, 0.3) is 0 Å². The highest BCUT2D eigenvalue weighted by atomic mass is 19.3. The van der Waals surface area contributed by atoms with Crippen molar-refractivity contribution in [3.05, 3.63) is 0 Å². The summed E-state index contributed by atoms with van der Waals surface area (Å²) in [6.07, 6.45) is -1.48. The Morgan fingerprint density at radius 3 is 2.23 bits per heavy atom. The van der Waals surface area contributed by atoms with Gasteiger partial charge in [-0.15, -0.1) is 0 Å². The predicted octanol–water partition coefficient (Wildman–Crippen LogP) is 1.19. The highest BCUT2D eigenvalue weighted by molar-refractivity contribution is 5.80. The molecule has 0 aromatic carbocycles. The highest BCUT2D eigenvalue weighted by Gasteiger charge is 2.71. The standard InChI is InChI=1S/C7H9F4NO/c8-6(9)2-4(7(6,10)11)1-5(13)3-12/h4H,1-3,12H2. The van der Waals surface area contributed by atoms with E-state index in [-0.39, 0.29) is 6.54 Å². The van der Waals surface area contributed by atoms with Gasteiger partial charge in [0.05, 0.1) is 6.54 Å². The van der Waals surface area contributed by atoms with Crippen LogP contribution in [0.3, 0.4) is 0 Å².